The van der Waals surface area contributed by atoms with Crippen molar-refractivity contribution < 1.29 is 28.6 Å². The summed E-state index contributed by atoms with van der Waals surface area (Å²) in [7, 11) is 0. The standard InChI is InChI=1S/C42H78N12O6/c55-40(52-25-4-13-46-19-16-43-7-1-10-49-22-28-52)34-58-37-31-38(59-35-41(56)53-26-5-14-47-20-17-44-8-2-11-50-23-29-53)33-39(32-37)60-36-42(57)54-27-6-15-48-21-18-45-9-3-12-51-24-30-54/h31-33,43-51H,1-30,34-36H2. The van der Waals surface area contributed by atoms with Gasteiger partial charge in [-0.3, -0.25) is 14.4 Å². The molecule has 18 heteroatoms. The van der Waals surface area contributed by atoms with E-state index in [-0.39, 0.29) is 37.5 Å². The Morgan fingerprint density at radius 2 is 0.567 bits per heavy atom. The van der Waals surface area contributed by atoms with Gasteiger partial charge in [-0.2, -0.15) is 0 Å². The molecule has 0 aliphatic carbocycles. The number of rotatable bonds is 9. The van der Waals surface area contributed by atoms with Crippen molar-refractivity contribution in [1.82, 2.24) is 62.6 Å². The molecule has 0 spiro atoms. The van der Waals surface area contributed by atoms with Gasteiger partial charge in [-0.1, -0.05) is 0 Å². The third kappa shape index (κ3) is 22.5. The lowest BCUT2D eigenvalue weighted by atomic mass is 10.3. The number of benzene rings is 1. The van der Waals surface area contributed by atoms with Crippen molar-refractivity contribution in [3.05, 3.63) is 18.2 Å². The molecule has 0 aromatic heterocycles. The molecular formula is C42H78N12O6. The van der Waals surface area contributed by atoms with Crippen molar-refractivity contribution >= 4 is 17.7 Å². The summed E-state index contributed by atoms with van der Waals surface area (Å²) in [5, 5.41) is 31.0. The lowest BCUT2D eigenvalue weighted by molar-refractivity contribution is -0.134. The van der Waals surface area contributed by atoms with Crippen molar-refractivity contribution in [2.75, 3.05) is 177 Å². The molecule has 18 nitrogen and oxygen atoms in total. The molecule has 3 saturated heterocycles. The highest BCUT2D eigenvalue weighted by molar-refractivity contribution is 5.79. The van der Waals surface area contributed by atoms with Gasteiger partial charge in [0.15, 0.2) is 19.8 Å². The first kappa shape index (κ1) is 49.3. The van der Waals surface area contributed by atoms with E-state index in [9.17, 15) is 14.4 Å². The Labute approximate surface area is 359 Å². The second kappa shape index (κ2) is 32.4. The van der Waals surface area contributed by atoms with Crippen LogP contribution >= 0.6 is 0 Å². The summed E-state index contributed by atoms with van der Waals surface area (Å²) in [6, 6.07) is 5.03. The number of ether oxygens (including phenoxy) is 3. The van der Waals surface area contributed by atoms with Crippen molar-refractivity contribution in [2.45, 2.75) is 38.5 Å². The molecule has 3 amide bonds. The minimum atomic E-state index is -0.173. The first-order chi connectivity index (χ1) is 29.6. The Balaban J connectivity index is 1.41. The van der Waals surface area contributed by atoms with Crippen molar-refractivity contribution in [3.8, 4) is 17.2 Å². The Hall–Kier alpha value is -3.33. The van der Waals surface area contributed by atoms with Gasteiger partial charge in [-0.05, 0) is 97.4 Å². The molecule has 3 heterocycles. The Morgan fingerprint density at radius 3 is 0.833 bits per heavy atom. The fourth-order valence-electron chi connectivity index (χ4n) is 7.09. The van der Waals surface area contributed by atoms with Crippen LogP contribution in [0.15, 0.2) is 18.2 Å². The van der Waals surface area contributed by atoms with Crippen LogP contribution in [-0.4, -0.2) is 209 Å². The number of nitrogens with one attached hydrogen (secondary N) is 9. The third-order valence-corrected chi connectivity index (χ3v) is 10.6. The molecular weight excluding hydrogens is 769 g/mol. The molecule has 3 aliphatic rings. The van der Waals surface area contributed by atoms with Gasteiger partial charge in [0.1, 0.15) is 17.2 Å². The van der Waals surface area contributed by atoms with Crippen molar-refractivity contribution in [2.24, 2.45) is 0 Å². The van der Waals surface area contributed by atoms with Crippen LogP contribution in [0.4, 0.5) is 0 Å². The van der Waals surface area contributed by atoms with Crippen molar-refractivity contribution in [1.29, 1.82) is 0 Å². The molecule has 4 rings (SSSR count). The first-order valence-corrected chi connectivity index (χ1v) is 22.8. The van der Waals surface area contributed by atoms with E-state index in [0.29, 0.717) is 76.2 Å². The largest absolute Gasteiger partial charge is 0.483 e. The summed E-state index contributed by atoms with van der Waals surface area (Å²) in [4.78, 5) is 46.2. The van der Waals surface area contributed by atoms with E-state index >= 15 is 0 Å². The zero-order valence-electron chi connectivity index (χ0n) is 36.4. The summed E-state index contributed by atoms with van der Waals surface area (Å²) in [5.41, 5.74) is 0. The summed E-state index contributed by atoms with van der Waals surface area (Å²) >= 11 is 0. The molecule has 0 radical (unpaired) electrons. The predicted molar refractivity (Wildman–Crippen MR) is 236 cm³/mol. The minimum Gasteiger partial charge on any atom is -0.483 e. The second-order valence-corrected chi connectivity index (χ2v) is 15.5. The van der Waals surface area contributed by atoms with E-state index in [1.54, 1.807) is 18.2 Å². The van der Waals surface area contributed by atoms with Gasteiger partial charge < -0.3 is 76.8 Å². The molecule has 3 fully saturated rings. The number of carbonyl (C=O) groups is 3. The Morgan fingerprint density at radius 1 is 0.333 bits per heavy atom. The molecule has 0 saturated carbocycles. The molecule has 0 unspecified atom stereocenters. The fourth-order valence-corrected chi connectivity index (χ4v) is 7.09. The van der Waals surface area contributed by atoms with Gasteiger partial charge in [-0.15, -0.1) is 0 Å². The fraction of sp³-hybridized carbons (Fsp3) is 0.786. The quantitative estimate of drug-likeness (QED) is 0.132. The van der Waals surface area contributed by atoms with E-state index < -0.39 is 0 Å². The van der Waals surface area contributed by atoms with Crippen LogP contribution < -0.4 is 62.1 Å². The zero-order chi connectivity index (χ0) is 42.1. The van der Waals surface area contributed by atoms with Gasteiger partial charge in [0.2, 0.25) is 0 Å². The summed E-state index contributed by atoms with van der Waals surface area (Å²) < 4.78 is 18.4. The van der Waals surface area contributed by atoms with Crippen LogP contribution in [0.2, 0.25) is 0 Å². The van der Waals surface area contributed by atoms with Crippen LogP contribution in [0.25, 0.3) is 0 Å². The number of hydrogen-bond acceptors (Lipinski definition) is 15. The van der Waals surface area contributed by atoms with Crippen LogP contribution in [0.3, 0.4) is 0 Å². The topological polar surface area (TPSA) is 197 Å². The maximum absolute atomic E-state index is 13.6. The number of amides is 3. The lowest BCUT2D eigenvalue weighted by Crippen LogP contribution is -2.42. The maximum Gasteiger partial charge on any atom is 0.260 e. The molecule has 1 aromatic carbocycles. The lowest BCUT2D eigenvalue weighted by Gasteiger charge is -2.25. The summed E-state index contributed by atoms with van der Waals surface area (Å²) in [6.07, 6.45) is 5.55. The average molecular weight is 847 g/mol. The van der Waals surface area contributed by atoms with Crippen LogP contribution in [0.5, 0.6) is 17.2 Å². The summed E-state index contributed by atoms with van der Waals surface area (Å²) in [6.45, 7) is 18.6. The Kier molecular flexibility index (Phi) is 26.6. The second-order valence-electron chi connectivity index (χ2n) is 15.5. The van der Waals surface area contributed by atoms with Crippen molar-refractivity contribution in [3.63, 3.8) is 0 Å². The first-order valence-electron chi connectivity index (χ1n) is 22.8. The molecule has 1 aromatic rings. The molecule has 9 N–H and O–H groups in total. The van der Waals surface area contributed by atoms with Gasteiger partial charge in [0, 0.05) is 116 Å². The molecule has 60 heavy (non-hydrogen) atoms. The van der Waals surface area contributed by atoms with E-state index in [2.05, 4.69) is 47.9 Å². The van der Waals surface area contributed by atoms with Gasteiger partial charge in [0.25, 0.3) is 17.7 Å². The minimum absolute atomic E-state index is 0.119. The van der Waals surface area contributed by atoms with Crippen LogP contribution in [-0.2, 0) is 14.4 Å². The normalized spacial score (nSPS) is 20.7. The maximum atomic E-state index is 13.6. The smallest absolute Gasteiger partial charge is 0.260 e. The SMILES string of the molecule is O=C(COc1cc(OCC(=O)N2CCCNCCNCCCNCC2)cc(OCC(=O)N2CCCNCCNCCCNCC2)c1)N1CCCNCCNCCCNCC1. The van der Waals surface area contributed by atoms with E-state index in [0.717, 1.165) is 137 Å². The van der Waals surface area contributed by atoms with Gasteiger partial charge in [0.05, 0.1) is 0 Å². The number of carbonyl (C=O) groups excluding carboxylic acids is 3. The molecule has 0 atom stereocenters. The van der Waals surface area contributed by atoms with E-state index in [1.807, 2.05) is 14.7 Å². The van der Waals surface area contributed by atoms with E-state index in [4.69, 9.17) is 14.2 Å². The zero-order valence-corrected chi connectivity index (χ0v) is 36.4. The predicted octanol–water partition coefficient (Wildman–Crippen LogP) is -2.00. The highest BCUT2D eigenvalue weighted by atomic mass is 16.5. The van der Waals surface area contributed by atoms with Gasteiger partial charge in [-0.25, -0.2) is 0 Å². The number of hydrogen-bond donors (Lipinski definition) is 9. The van der Waals surface area contributed by atoms with Crippen LogP contribution in [0, 0.1) is 0 Å². The highest BCUT2D eigenvalue weighted by Gasteiger charge is 2.19. The van der Waals surface area contributed by atoms with Crippen LogP contribution in [0.1, 0.15) is 38.5 Å². The van der Waals surface area contributed by atoms with Gasteiger partial charge >= 0.3 is 0 Å². The average Bonchev–Trinajstić information content (AvgIpc) is 3.26. The monoisotopic (exact) mass is 847 g/mol. The molecule has 342 valence electrons. The summed E-state index contributed by atoms with van der Waals surface area (Å²) in [5.74, 6) is 0.717. The Bertz CT molecular complexity index is 1110. The highest BCUT2D eigenvalue weighted by Crippen LogP contribution is 2.28. The molecule has 0 bridgehead atoms. The number of nitrogens with zero attached hydrogens (tertiary/aromatic N) is 3. The molecule has 3 aliphatic heterocycles. The third-order valence-electron chi connectivity index (χ3n) is 10.6. The van der Waals surface area contributed by atoms with E-state index in [1.165, 1.54) is 0 Å².